The van der Waals surface area contributed by atoms with Gasteiger partial charge in [0.1, 0.15) is 18.2 Å². The molecule has 1 atom stereocenters. The molecule has 3 heterocycles. The fraction of sp³-hybridized carbons (Fsp3) is 0.143. The predicted octanol–water partition coefficient (Wildman–Crippen LogP) is 4.39. The molecule has 0 saturated heterocycles. The van der Waals surface area contributed by atoms with Crippen LogP contribution in [0.4, 0.5) is 20.3 Å². The van der Waals surface area contributed by atoms with Crippen LogP contribution in [0.15, 0.2) is 67.3 Å². The minimum Gasteiger partial charge on any atom is -0.491 e. The highest BCUT2D eigenvalue weighted by atomic mass is 19.2. The van der Waals surface area contributed by atoms with Gasteiger partial charge in [0, 0.05) is 24.4 Å². The quantitative estimate of drug-likeness (QED) is 0.238. The minimum atomic E-state index is -0.976. The molecule has 11 heteroatoms. The molecule has 0 saturated carbocycles. The molecule has 4 N–H and O–H groups in total. The number of nitrogens with one attached hydrogen (secondary N) is 4. The Labute approximate surface area is 222 Å². The number of hydrogen-bond donors (Lipinski definition) is 4. The molecule has 1 aliphatic rings. The van der Waals surface area contributed by atoms with Gasteiger partial charge >= 0.3 is 0 Å². The molecule has 5 rings (SSSR count). The van der Waals surface area contributed by atoms with Crippen molar-refractivity contribution < 1.29 is 23.1 Å². The number of fused-ring (bicyclic) bond motifs is 1. The Hall–Kier alpha value is -5.06. The number of ether oxygens (including phenoxy) is 1. The lowest BCUT2D eigenvalue weighted by Gasteiger charge is -2.18. The summed E-state index contributed by atoms with van der Waals surface area (Å²) < 4.78 is 32.5. The molecule has 0 radical (unpaired) electrons. The molecule has 0 unspecified atom stereocenters. The summed E-state index contributed by atoms with van der Waals surface area (Å²) in [4.78, 5) is 36.4. The van der Waals surface area contributed by atoms with Gasteiger partial charge in [-0.3, -0.25) is 9.59 Å². The number of nitrogens with zero attached hydrogens (tertiary/aromatic N) is 2. The summed E-state index contributed by atoms with van der Waals surface area (Å²) in [6, 6.07) is 11.8. The zero-order valence-electron chi connectivity index (χ0n) is 20.8. The SMILES string of the molecule is C[C@H](COc1ccc2c(c1)NC(=O)C2=Cc1cnc[nH]1)Nc1ncccc1C(=O)NCc1ccc(F)c(F)c1. The van der Waals surface area contributed by atoms with Crippen LogP contribution in [0.5, 0.6) is 5.75 Å². The molecule has 4 aromatic rings. The number of carbonyl (C=O) groups is 2. The number of carbonyl (C=O) groups excluding carboxylic acids is 2. The van der Waals surface area contributed by atoms with Gasteiger partial charge in [0.05, 0.1) is 41.1 Å². The van der Waals surface area contributed by atoms with E-state index < -0.39 is 17.5 Å². The van der Waals surface area contributed by atoms with Crippen LogP contribution >= 0.6 is 0 Å². The van der Waals surface area contributed by atoms with Gasteiger partial charge in [0.2, 0.25) is 0 Å². The zero-order valence-corrected chi connectivity index (χ0v) is 20.8. The smallest absolute Gasteiger partial charge is 0.256 e. The lowest BCUT2D eigenvalue weighted by Crippen LogP contribution is -2.28. The van der Waals surface area contributed by atoms with Crippen LogP contribution in [0.1, 0.15) is 34.1 Å². The van der Waals surface area contributed by atoms with Gasteiger partial charge in [-0.1, -0.05) is 6.07 Å². The number of benzene rings is 2. The number of amides is 2. The van der Waals surface area contributed by atoms with E-state index in [0.717, 1.165) is 23.4 Å². The third-order valence-electron chi connectivity index (χ3n) is 5.97. The number of aromatic nitrogens is 3. The molecular formula is C28H24F2N6O3. The van der Waals surface area contributed by atoms with Crippen LogP contribution in [0.25, 0.3) is 11.6 Å². The van der Waals surface area contributed by atoms with Gasteiger partial charge in [-0.25, -0.2) is 18.7 Å². The van der Waals surface area contributed by atoms with Gasteiger partial charge in [-0.05, 0) is 55.0 Å². The van der Waals surface area contributed by atoms with Crippen molar-refractivity contribution in [2.45, 2.75) is 19.5 Å². The number of imidazole rings is 1. The summed E-state index contributed by atoms with van der Waals surface area (Å²) in [6.45, 7) is 2.14. The van der Waals surface area contributed by atoms with Crippen molar-refractivity contribution in [3.05, 3.63) is 101 Å². The first-order chi connectivity index (χ1) is 18.9. The Bertz CT molecular complexity index is 1550. The number of pyridine rings is 1. The molecule has 0 fully saturated rings. The second-order valence-electron chi connectivity index (χ2n) is 8.91. The largest absolute Gasteiger partial charge is 0.491 e. The lowest BCUT2D eigenvalue weighted by molar-refractivity contribution is -0.110. The first-order valence-electron chi connectivity index (χ1n) is 12.1. The first-order valence-corrected chi connectivity index (χ1v) is 12.1. The van der Waals surface area contributed by atoms with E-state index in [4.69, 9.17) is 4.74 Å². The maximum absolute atomic E-state index is 13.5. The minimum absolute atomic E-state index is 0.0245. The Kier molecular flexibility index (Phi) is 7.30. The van der Waals surface area contributed by atoms with Gasteiger partial charge in [0.25, 0.3) is 11.8 Å². The van der Waals surface area contributed by atoms with Gasteiger partial charge < -0.3 is 25.7 Å². The second kappa shape index (κ2) is 11.1. The fourth-order valence-electron chi connectivity index (χ4n) is 4.03. The van der Waals surface area contributed by atoms with Crippen molar-refractivity contribution in [2.24, 2.45) is 0 Å². The molecule has 1 aliphatic heterocycles. The van der Waals surface area contributed by atoms with Crippen LogP contribution in [0.2, 0.25) is 0 Å². The molecule has 2 aromatic carbocycles. The van der Waals surface area contributed by atoms with Crippen LogP contribution < -0.4 is 20.7 Å². The van der Waals surface area contributed by atoms with Gasteiger partial charge in [-0.15, -0.1) is 0 Å². The Morgan fingerprint density at radius 1 is 1.15 bits per heavy atom. The topological polar surface area (TPSA) is 121 Å². The van der Waals surface area contributed by atoms with Crippen LogP contribution in [-0.2, 0) is 11.3 Å². The third-order valence-corrected chi connectivity index (χ3v) is 5.97. The Balaban J connectivity index is 1.19. The molecule has 2 aromatic heterocycles. The molecule has 0 spiro atoms. The summed E-state index contributed by atoms with van der Waals surface area (Å²) >= 11 is 0. The summed E-state index contributed by atoms with van der Waals surface area (Å²) in [5.74, 6) is -1.64. The number of hydrogen-bond acceptors (Lipinski definition) is 6. The highest BCUT2D eigenvalue weighted by Gasteiger charge is 2.25. The number of rotatable bonds is 9. The van der Waals surface area contributed by atoms with Crippen molar-refractivity contribution in [1.29, 1.82) is 0 Å². The van der Waals surface area contributed by atoms with Crippen molar-refractivity contribution in [1.82, 2.24) is 20.3 Å². The monoisotopic (exact) mass is 530 g/mol. The molecule has 39 heavy (non-hydrogen) atoms. The van der Waals surface area contributed by atoms with E-state index in [1.54, 1.807) is 49.1 Å². The normalized spacial score (nSPS) is 14.0. The summed E-state index contributed by atoms with van der Waals surface area (Å²) in [6.07, 6.45) is 6.47. The zero-order chi connectivity index (χ0) is 27.4. The van der Waals surface area contributed by atoms with E-state index in [9.17, 15) is 18.4 Å². The average molecular weight is 531 g/mol. The fourth-order valence-corrected chi connectivity index (χ4v) is 4.03. The highest BCUT2D eigenvalue weighted by molar-refractivity contribution is 6.34. The van der Waals surface area contributed by atoms with Gasteiger partial charge in [-0.2, -0.15) is 0 Å². The maximum atomic E-state index is 13.5. The Morgan fingerprint density at radius 2 is 2.03 bits per heavy atom. The summed E-state index contributed by atoms with van der Waals surface area (Å²) in [5.41, 5.74) is 3.39. The summed E-state index contributed by atoms with van der Waals surface area (Å²) in [7, 11) is 0. The number of H-pyrrole nitrogens is 1. The second-order valence-corrected chi connectivity index (χ2v) is 8.91. The first kappa shape index (κ1) is 25.6. The lowest BCUT2D eigenvalue weighted by atomic mass is 10.1. The molecule has 0 bridgehead atoms. The van der Waals surface area contributed by atoms with E-state index in [0.29, 0.717) is 34.0 Å². The number of halogens is 2. The van der Waals surface area contributed by atoms with E-state index in [1.807, 2.05) is 13.0 Å². The standard InChI is InChI=1S/C28H24F2N6O3/c1-16(14-39-19-5-6-20-22(10-18-13-31-15-34-18)28(38)36-25(20)11-19)35-26-21(3-2-8-32-26)27(37)33-12-17-4-7-23(29)24(30)9-17/h2-11,13,15-16H,12,14H2,1H3,(H,31,34)(H,32,35)(H,33,37)(H,36,38)/t16-/m1/s1. The molecular weight excluding hydrogens is 506 g/mol. The molecule has 9 nitrogen and oxygen atoms in total. The molecule has 2 amide bonds. The van der Waals surface area contributed by atoms with Crippen molar-refractivity contribution in [3.8, 4) is 5.75 Å². The van der Waals surface area contributed by atoms with E-state index in [1.165, 1.54) is 6.07 Å². The van der Waals surface area contributed by atoms with E-state index >= 15 is 0 Å². The molecule has 0 aliphatic carbocycles. The number of anilines is 2. The predicted molar refractivity (Wildman–Crippen MR) is 142 cm³/mol. The van der Waals surface area contributed by atoms with E-state index in [-0.39, 0.29) is 25.1 Å². The molecule has 198 valence electrons. The average Bonchev–Trinajstić information content (AvgIpc) is 3.55. The van der Waals surface area contributed by atoms with Crippen molar-refractivity contribution in [2.75, 3.05) is 17.2 Å². The van der Waals surface area contributed by atoms with Crippen LogP contribution in [0, 0.1) is 11.6 Å². The Morgan fingerprint density at radius 3 is 2.82 bits per heavy atom. The van der Waals surface area contributed by atoms with Gasteiger partial charge in [0.15, 0.2) is 11.6 Å². The van der Waals surface area contributed by atoms with E-state index in [2.05, 4.69) is 30.9 Å². The highest BCUT2D eigenvalue weighted by Crippen LogP contribution is 2.35. The number of aromatic amines is 1. The third kappa shape index (κ3) is 5.93. The van der Waals surface area contributed by atoms with Crippen LogP contribution in [0.3, 0.4) is 0 Å². The van der Waals surface area contributed by atoms with Crippen molar-refractivity contribution in [3.63, 3.8) is 0 Å². The van der Waals surface area contributed by atoms with Crippen molar-refractivity contribution >= 4 is 35.0 Å². The maximum Gasteiger partial charge on any atom is 0.256 e. The summed E-state index contributed by atoms with van der Waals surface area (Å²) in [5, 5.41) is 8.71. The van der Waals surface area contributed by atoms with Crippen LogP contribution in [-0.4, -0.2) is 39.4 Å².